The van der Waals surface area contributed by atoms with Crippen LogP contribution < -0.4 is 15.9 Å². The second-order valence-corrected chi connectivity index (χ2v) is 30.3. The van der Waals surface area contributed by atoms with E-state index in [1.54, 1.807) is 273 Å². The van der Waals surface area contributed by atoms with Crippen molar-refractivity contribution in [3.05, 3.63) is 357 Å². The van der Waals surface area contributed by atoms with Gasteiger partial charge in [-0.15, -0.1) is 4.91 Å². The summed E-state index contributed by atoms with van der Waals surface area (Å²) in [5.41, 5.74) is 3.23. The Balaban J connectivity index is 0.841. The van der Waals surface area contributed by atoms with E-state index in [1.165, 1.54) is 12.1 Å². The summed E-state index contributed by atoms with van der Waals surface area (Å²) in [6, 6.07) is 79.5. The lowest BCUT2D eigenvalue weighted by atomic mass is 9.97. The number of fused-ring (bicyclic) bond motifs is 6. The molecule has 2 N–H and O–H groups in total. The summed E-state index contributed by atoms with van der Waals surface area (Å²) in [4.78, 5) is 64.0. The van der Waals surface area contributed by atoms with Crippen molar-refractivity contribution < 1.29 is 48.3 Å². The topological polar surface area (TPSA) is 244 Å². The van der Waals surface area contributed by atoms with E-state index in [9.17, 15) is 34.8 Å². The molecule has 0 spiro atoms. The molecule has 3 unspecified atom stereocenters. The van der Waals surface area contributed by atoms with Gasteiger partial charge in [-0.1, -0.05) is 229 Å². The number of nitro benzene ring substituents is 1. The Kier molecular flexibility index (Phi) is 19.0. The van der Waals surface area contributed by atoms with E-state index < -0.39 is 41.8 Å². The Bertz CT molecular complexity index is 5540. The van der Waals surface area contributed by atoms with E-state index in [4.69, 9.17) is 14.4 Å². The number of aliphatic hydroxyl groups is 2. The van der Waals surface area contributed by atoms with Crippen LogP contribution in [-0.2, 0) is 47.3 Å². The summed E-state index contributed by atoms with van der Waals surface area (Å²) in [6.45, 7) is 0.758. The first kappa shape index (κ1) is 67.3. The number of carbonyl (C=O) groups is 2. The Labute approximate surface area is 585 Å². The third kappa shape index (κ3) is 12.2. The van der Waals surface area contributed by atoms with Crippen molar-refractivity contribution in [1.82, 2.24) is 9.13 Å². The highest BCUT2D eigenvalue weighted by molar-refractivity contribution is 7.80. The average molecular weight is 1390 g/mol. The molecule has 0 saturated heterocycles. The van der Waals surface area contributed by atoms with Crippen molar-refractivity contribution in [2.45, 2.75) is 36.6 Å². The molecule has 3 atom stereocenters. The molecule has 0 fully saturated rings. The van der Waals surface area contributed by atoms with Crippen molar-refractivity contribution in [1.29, 1.82) is 0 Å². The first-order chi connectivity index (χ1) is 49.7. The highest BCUT2D eigenvalue weighted by atomic mass is 31.2. The average Bonchev–Trinajstić information content (AvgIpc) is 0.836. The number of carbonyl (C=O) groups excluding carboxylic acids is 2. The number of allylic oxidation sites excluding steroid dienone is 4. The molecule has 102 heavy (non-hydrogen) atoms. The number of rotatable bonds is 24. The summed E-state index contributed by atoms with van der Waals surface area (Å²) < 4.78 is 44.3. The minimum Gasteiger partial charge on any atom is -0.378 e. The molecule has 20 heteroatoms. The quantitative estimate of drug-likeness (QED) is 0.0109. The van der Waals surface area contributed by atoms with Crippen molar-refractivity contribution in [2.24, 2.45) is 15.5 Å². The zero-order valence-electron chi connectivity index (χ0n) is 54.7. The van der Waals surface area contributed by atoms with Gasteiger partial charge in [0.2, 0.25) is 0 Å². The largest absolute Gasteiger partial charge is 0.378 e. The van der Waals surface area contributed by atoms with Crippen LogP contribution in [-0.4, -0.2) is 60.8 Å². The van der Waals surface area contributed by atoms with Crippen LogP contribution in [0.4, 0.5) is 11.4 Å². The lowest BCUT2D eigenvalue weighted by molar-refractivity contribution is -0.384. The van der Waals surface area contributed by atoms with E-state index in [1.807, 2.05) is 27.4 Å². The standard InChI is InChI=1S/C82H64N6O12P2/c89-79(57-25-9-1-10-26-57)99-84-77(81(91,61-29-13-3-14-30-61)101(96,65-33-17-5-18-34-65)66-35-19-6-20-36-66)59-41-45-73-69(53-59)71-55-63(83-93)43-47-75(71)86(73)49-51-98-52-50-87-74-46-42-60(54-70(74)72-56-64(88(94)95)44-48-76(72)87)78(85-100-80(90)58-27-11-2-12-28-58)82(92,62-31-15-4-16-32-62)102(97,67-37-21-7-22-38-67)68-39-23-8-24-40-68/h1-19,21-35,37-48,53-56,91-92H,20,36,49-52H2/b84-77-,85-78-. The number of aromatic nitrogens is 2. The number of non-ortho nitro benzene ring substituents is 1. The van der Waals surface area contributed by atoms with Gasteiger partial charge < -0.3 is 42.9 Å². The lowest BCUT2D eigenvalue weighted by Gasteiger charge is -2.39. The van der Waals surface area contributed by atoms with Crippen LogP contribution in [0.3, 0.4) is 0 Å². The van der Waals surface area contributed by atoms with Gasteiger partial charge >= 0.3 is 11.9 Å². The van der Waals surface area contributed by atoms with Crippen molar-refractivity contribution in [2.75, 3.05) is 13.2 Å². The Hall–Kier alpha value is -11.9. The van der Waals surface area contributed by atoms with Gasteiger partial charge in [0.15, 0.2) is 25.0 Å². The monoisotopic (exact) mass is 1390 g/mol. The molecule has 0 amide bonds. The van der Waals surface area contributed by atoms with Gasteiger partial charge in [-0.3, -0.25) is 10.1 Å². The Morgan fingerprint density at radius 3 is 1.27 bits per heavy atom. The molecule has 13 aromatic rings. The van der Waals surface area contributed by atoms with Crippen LogP contribution >= 0.6 is 14.3 Å². The normalized spacial score (nSPS) is 14.5. The maximum Gasteiger partial charge on any atom is 0.365 e. The fourth-order valence-electron chi connectivity index (χ4n) is 13.7. The fraction of sp³-hybridized carbons (Fsp3) is 0.0976. The van der Waals surface area contributed by atoms with E-state index >= 15 is 9.13 Å². The first-order valence-electron chi connectivity index (χ1n) is 32.9. The third-order valence-electron chi connectivity index (χ3n) is 18.6. The second-order valence-electron chi connectivity index (χ2n) is 24.4. The number of nitrogens with zero attached hydrogens (tertiary/aromatic N) is 6. The minimum absolute atomic E-state index is 0.124. The van der Waals surface area contributed by atoms with Gasteiger partial charge in [0.25, 0.3) is 5.69 Å². The van der Waals surface area contributed by atoms with Crippen LogP contribution in [0, 0.1) is 15.0 Å². The fourth-order valence-corrected chi connectivity index (χ4v) is 20.4. The van der Waals surface area contributed by atoms with Crippen LogP contribution in [0.5, 0.6) is 0 Å². The second kappa shape index (κ2) is 28.8. The van der Waals surface area contributed by atoms with E-state index in [2.05, 4.69) is 15.5 Å². The smallest absolute Gasteiger partial charge is 0.365 e. The van der Waals surface area contributed by atoms with Gasteiger partial charge in [0, 0.05) is 95.9 Å². The van der Waals surface area contributed by atoms with Crippen molar-refractivity contribution in [3.8, 4) is 0 Å². The Morgan fingerprint density at radius 2 is 0.853 bits per heavy atom. The predicted molar refractivity (Wildman–Crippen MR) is 399 cm³/mol. The SMILES string of the molecule is O=Nc1ccc2c(c1)c1cc(/C(=N/OC(=O)c3ccccc3)C(O)(c3ccccc3)P(=O)(C3=CC=CCC3)c3ccccc3)ccc1n2CCOCCn1c2ccc(/C(=N/OC(=O)c3ccccc3)C(O)(c3ccccc3)P(=O)(c3ccccc3)c3ccccc3)cc2c2cc([N+](=O)[O-])ccc21. The summed E-state index contributed by atoms with van der Waals surface area (Å²) in [7, 11) is -8.71. The van der Waals surface area contributed by atoms with Crippen LogP contribution in [0.25, 0.3) is 43.6 Å². The number of hydrogen-bond donors (Lipinski definition) is 2. The lowest BCUT2D eigenvalue weighted by Crippen LogP contribution is -2.43. The maximum absolute atomic E-state index is 16.9. The molecule has 14 rings (SSSR count). The van der Waals surface area contributed by atoms with Gasteiger partial charge in [-0.05, 0) is 107 Å². The maximum atomic E-state index is 16.9. The zero-order valence-corrected chi connectivity index (χ0v) is 56.5. The van der Waals surface area contributed by atoms with Crippen LogP contribution in [0.1, 0.15) is 55.8 Å². The molecule has 0 bridgehead atoms. The molecule has 0 saturated carbocycles. The zero-order chi connectivity index (χ0) is 70.4. The van der Waals surface area contributed by atoms with Crippen molar-refractivity contribution >= 4 is 109 Å². The molecule has 18 nitrogen and oxygen atoms in total. The highest BCUT2D eigenvalue weighted by Gasteiger charge is 2.57. The number of benzene rings is 11. The summed E-state index contributed by atoms with van der Waals surface area (Å²) in [5, 5.41) is 51.8. The van der Waals surface area contributed by atoms with Gasteiger partial charge in [-0.2, -0.15) is 0 Å². The van der Waals surface area contributed by atoms with E-state index in [-0.39, 0.29) is 93.1 Å². The van der Waals surface area contributed by atoms with Gasteiger partial charge in [0.1, 0.15) is 17.1 Å². The molecule has 1 aliphatic rings. The molecule has 11 aromatic carbocycles. The molecular weight excluding hydrogens is 1320 g/mol. The van der Waals surface area contributed by atoms with Crippen LogP contribution in [0.2, 0.25) is 0 Å². The van der Waals surface area contributed by atoms with E-state index in [0.717, 1.165) is 0 Å². The number of oxime groups is 2. The van der Waals surface area contributed by atoms with Crippen LogP contribution in [0.15, 0.2) is 324 Å². The van der Waals surface area contributed by atoms with Gasteiger partial charge in [0.05, 0.1) is 29.3 Å². The van der Waals surface area contributed by atoms with E-state index in [0.29, 0.717) is 67.1 Å². The molecule has 2 heterocycles. The van der Waals surface area contributed by atoms with Gasteiger partial charge in [-0.25, -0.2) is 9.59 Å². The van der Waals surface area contributed by atoms with Crippen molar-refractivity contribution in [3.63, 3.8) is 0 Å². The molecule has 2 aromatic heterocycles. The third-order valence-corrected chi connectivity index (χ3v) is 25.6. The predicted octanol–water partition coefficient (Wildman–Crippen LogP) is 16.7. The Morgan fingerprint density at radius 1 is 0.471 bits per heavy atom. The summed E-state index contributed by atoms with van der Waals surface area (Å²) in [5.74, 6) is -1.67. The molecule has 0 aliphatic heterocycles. The molecule has 0 radical (unpaired) electrons. The number of nitro groups is 1. The first-order valence-corrected chi connectivity index (χ1v) is 36.3. The number of nitroso groups, excluding NO2 is 1. The molecular formula is C82H64N6O12P2. The summed E-state index contributed by atoms with van der Waals surface area (Å²) in [6.07, 6.45) is 6.46. The molecule has 1 aliphatic carbocycles. The highest BCUT2D eigenvalue weighted by Crippen LogP contribution is 2.69. The number of ether oxygens (including phenoxy) is 1. The minimum atomic E-state index is -4.41. The number of hydrogen-bond acceptors (Lipinski definition) is 15. The summed E-state index contributed by atoms with van der Waals surface area (Å²) >= 11 is 0. The molecule has 504 valence electrons.